The van der Waals surface area contributed by atoms with Crippen molar-refractivity contribution in [3.05, 3.63) is 35.6 Å². The van der Waals surface area contributed by atoms with E-state index in [0.29, 0.717) is 19.3 Å². The Hall–Kier alpha value is -1.18. The van der Waals surface area contributed by atoms with Gasteiger partial charge < -0.3 is 0 Å². The van der Waals surface area contributed by atoms with Crippen molar-refractivity contribution >= 4 is 5.78 Å². The van der Waals surface area contributed by atoms with Gasteiger partial charge in [-0.15, -0.1) is 0 Å². The number of benzene rings is 1. The summed E-state index contributed by atoms with van der Waals surface area (Å²) in [6.45, 7) is 1.99. The van der Waals surface area contributed by atoms with Crippen molar-refractivity contribution in [3.8, 4) is 0 Å². The van der Waals surface area contributed by atoms with Gasteiger partial charge in [0.25, 0.3) is 0 Å². The summed E-state index contributed by atoms with van der Waals surface area (Å²) >= 11 is 0. The highest BCUT2D eigenvalue weighted by molar-refractivity contribution is 5.78. The van der Waals surface area contributed by atoms with E-state index in [9.17, 15) is 9.18 Å². The first-order chi connectivity index (χ1) is 6.72. The van der Waals surface area contributed by atoms with Crippen LogP contribution in [0.3, 0.4) is 0 Å². The van der Waals surface area contributed by atoms with Crippen molar-refractivity contribution in [2.45, 2.75) is 32.6 Å². The molecule has 0 saturated carbocycles. The van der Waals surface area contributed by atoms with Gasteiger partial charge in [0, 0.05) is 12.8 Å². The molecule has 1 aromatic carbocycles. The fraction of sp³-hybridized carbons (Fsp3) is 0.417. The predicted molar refractivity (Wildman–Crippen MR) is 54.6 cm³/mol. The maximum atomic E-state index is 12.8. The minimum absolute atomic E-state index is 0.231. The van der Waals surface area contributed by atoms with E-state index in [1.165, 1.54) is 12.1 Å². The maximum Gasteiger partial charge on any atom is 0.133 e. The number of halogens is 1. The van der Waals surface area contributed by atoms with Crippen molar-refractivity contribution in [1.29, 1.82) is 0 Å². The smallest absolute Gasteiger partial charge is 0.133 e. The van der Waals surface area contributed by atoms with Gasteiger partial charge >= 0.3 is 0 Å². The molecule has 1 nitrogen and oxygen atoms in total. The van der Waals surface area contributed by atoms with Crippen LogP contribution in [0, 0.1) is 5.82 Å². The van der Waals surface area contributed by atoms with E-state index >= 15 is 0 Å². The van der Waals surface area contributed by atoms with Crippen LogP contribution in [0.15, 0.2) is 24.3 Å². The number of carbonyl (C=O) groups is 1. The molecule has 0 bridgehead atoms. The van der Waals surface area contributed by atoms with E-state index < -0.39 is 0 Å². The first-order valence-electron chi connectivity index (χ1n) is 4.98. The number of hydrogen-bond donors (Lipinski definition) is 0. The lowest BCUT2D eigenvalue weighted by atomic mass is 10.1. The van der Waals surface area contributed by atoms with Crippen LogP contribution in [0.2, 0.25) is 0 Å². The highest BCUT2D eigenvalue weighted by Crippen LogP contribution is 2.07. The first kappa shape index (κ1) is 10.9. The highest BCUT2D eigenvalue weighted by atomic mass is 19.1. The van der Waals surface area contributed by atoms with E-state index in [0.717, 1.165) is 12.0 Å². The number of Topliss-reactive ketones (excluding diaryl/α,β-unsaturated/α-hetero) is 1. The van der Waals surface area contributed by atoms with Crippen molar-refractivity contribution in [1.82, 2.24) is 0 Å². The van der Waals surface area contributed by atoms with Crippen LogP contribution in [0.25, 0.3) is 0 Å². The summed E-state index contributed by atoms with van der Waals surface area (Å²) in [7, 11) is 0. The van der Waals surface area contributed by atoms with Crippen LogP contribution in [0.1, 0.15) is 31.7 Å². The lowest BCUT2D eigenvalue weighted by molar-refractivity contribution is -0.119. The molecule has 0 amide bonds. The van der Waals surface area contributed by atoms with Crippen LogP contribution in [0.5, 0.6) is 0 Å². The largest absolute Gasteiger partial charge is 0.300 e. The van der Waals surface area contributed by atoms with Gasteiger partial charge in [0.1, 0.15) is 11.6 Å². The normalized spacial score (nSPS) is 10.1. The predicted octanol–water partition coefficient (Wildman–Crippen LogP) is 3.13. The third kappa shape index (κ3) is 3.69. The summed E-state index contributed by atoms with van der Waals surface area (Å²) < 4.78 is 12.8. The van der Waals surface area contributed by atoms with Gasteiger partial charge in [-0.2, -0.15) is 0 Å². The van der Waals surface area contributed by atoms with Gasteiger partial charge in [-0.05, 0) is 30.5 Å². The molecule has 0 aliphatic heterocycles. The van der Waals surface area contributed by atoms with Crippen molar-refractivity contribution < 1.29 is 9.18 Å². The fourth-order valence-electron chi connectivity index (χ4n) is 1.38. The molecule has 0 aliphatic rings. The molecule has 0 saturated heterocycles. The minimum atomic E-state index is -0.231. The quantitative estimate of drug-likeness (QED) is 0.703. The molecule has 0 heterocycles. The van der Waals surface area contributed by atoms with Gasteiger partial charge in [0.2, 0.25) is 0 Å². The molecule has 0 fully saturated rings. The van der Waals surface area contributed by atoms with Gasteiger partial charge in [-0.1, -0.05) is 19.1 Å². The lowest BCUT2D eigenvalue weighted by Gasteiger charge is -2.00. The molecule has 0 spiro atoms. The number of carbonyl (C=O) groups excluding carboxylic acids is 1. The van der Waals surface area contributed by atoms with E-state index in [4.69, 9.17) is 0 Å². The van der Waals surface area contributed by atoms with Crippen molar-refractivity contribution in [2.24, 2.45) is 0 Å². The molecule has 0 aliphatic carbocycles. The molecule has 0 unspecified atom stereocenters. The Labute approximate surface area is 83.9 Å². The van der Waals surface area contributed by atoms with Crippen LogP contribution < -0.4 is 0 Å². The molecule has 1 rings (SSSR count). The zero-order valence-electron chi connectivity index (χ0n) is 8.42. The summed E-state index contributed by atoms with van der Waals surface area (Å²) in [6.07, 6.45) is 2.70. The molecular weight excluding hydrogens is 179 g/mol. The van der Waals surface area contributed by atoms with Gasteiger partial charge in [0.05, 0.1) is 0 Å². The molecule has 0 aromatic heterocycles. The third-order valence-electron chi connectivity index (χ3n) is 2.11. The lowest BCUT2D eigenvalue weighted by Crippen LogP contribution is -1.99. The van der Waals surface area contributed by atoms with Crippen LogP contribution in [0.4, 0.5) is 4.39 Å². The zero-order chi connectivity index (χ0) is 10.4. The van der Waals surface area contributed by atoms with E-state index in [1.807, 2.05) is 13.0 Å². The third-order valence-corrected chi connectivity index (χ3v) is 2.11. The highest BCUT2D eigenvalue weighted by Gasteiger charge is 2.01. The topological polar surface area (TPSA) is 17.1 Å². The standard InChI is InChI=1S/C12H15FO/c1-2-4-12(14)8-7-10-5-3-6-11(13)9-10/h3,5-6,9H,2,4,7-8H2,1H3. The zero-order valence-corrected chi connectivity index (χ0v) is 8.42. The number of hydrogen-bond acceptors (Lipinski definition) is 1. The van der Waals surface area contributed by atoms with Gasteiger partial charge in [0.15, 0.2) is 0 Å². The van der Waals surface area contributed by atoms with Gasteiger partial charge in [-0.3, -0.25) is 4.79 Å². The van der Waals surface area contributed by atoms with Crippen LogP contribution >= 0.6 is 0 Å². The second-order valence-corrected chi connectivity index (χ2v) is 3.42. The summed E-state index contributed by atoms with van der Waals surface area (Å²) in [6, 6.07) is 6.42. The summed E-state index contributed by atoms with van der Waals surface area (Å²) in [5.41, 5.74) is 0.898. The molecule has 14 heavy (non-hydrogen) atoms. The maximum absolute atomic E-state index is 12.8. The van der Waals surface area contributed by atoms with Crippen molar-refractivity contribution in [2.75, 3.05) is 0 Å². The molecule has 0 N–H and O–H groups in total. The second-order valence-electron chi connectivity index (χ2n) is 3.42. The fourth-order valence-corrected chi connectivity index (χ4v) is 1.38. The van der Waals surface area contributed by atoms with E-state index in [2.05, 4.69) is 0 Å². The van der Waals surface area contributed by atoms with E-state index in [1.54, 1.807) is 6.07 Å². The SMILES string of the molecule is CCCC(=O)CCc1cccc(F)c1. The van der Waals surface area contributed by atoms with Crippen LogP contribution in [-0.2, 0) is 11.2 Å². The van der Waals surface area contributed by atoms with Crippen molar-refractivity contribution in [3.63, 3.8) is 0 Å². The Balaban J connectivity index is 2.41. The Morgan fingerprint density at radius 3 is 2.79 bits per heavy atom. The Morgan fingerprint density at radius 1 is 1.36 bits per heavy atom. The molecular formula is C12H15FO. The molecule has 0 atom stereocenters. The molecule has 1 aromatic rings. The molecule has 0 radical (unpaired) electrons. The monoisotopic (exact) mass is 194 g/mol. The number of ketones is 1. The Morgan fingerprint density at radius 2 is 2.14 bits per heavy atom. The summed E-state index contributed by atoms with van der Waals surface area (Å²) in [5, 5.41) is 0. The average molecular weight is 194 g/mol. The summed E-state index contributed by atoms with van der Waals surface area (Å²) in [5.74, 6) is 0.0298. The van der Waals surface area contributed by atoms with Gasteiger partial charge in [-0.25, -0.2) is 4.39 Å². The van der Waals surface area contributed by atoms with Crippen LogP contribution in [-0.4, -0.2) is 5.78 Å². The number of aryl methyl sites for hydroxylation is 1. The summed E-state index contributed by atoms with van der Waals surface area (Å²) in [4.78, 5) is 11.2. The first-order valence-corrected chi connectivity index (χ1v) is 4.98. The minimum Gasteiger partial charge on any atom is -0.300 e. The second kappa shape index (κ2) is 5.53. The average Bonchev–Trinajstić information content (AvgIpc) is 2.15. The molecule has 76 valence electrons. The van der Waals surface area contributed by atoms with E-state index in [-0.39, 0.29) is 11.6 Å². The number of rotatable bonds is 5. The Bertz CT molecular complexity index is 307. The Kier molecular flexibility index (Phi) is 4.30. The molecule has 2 heteroatoms.